The second-order valence-corrected chi connectivity index (χ2v) is 2.95. The third-order valence-electron chi connectivity index (χ3n) is 2.29. The van der Waals surface area contributed by atoms with Crippen LogP contribution in [0.4, 0.5) is 0 Å². The van der Waals surface area contributed by atoms with E-state index in [0.717, 1.165) is 6.54 Å². The number of aryl methyl sites for hydroxylation is 2. The Bertz CT molecular complexity index is 281. The second kappa shape index (κ2) is 2.57. The van der Waals surface area contributed by atoms with Gasteiger partial charge in [0.05, 0.1) is 0 Å². The molecule has 0 N–H and O–H groups in total. The third-order valence-corrected chi connectivity index (χ3v) is 2.29. The number of nitrogens with zero attached hydrogens (tertiary/aromatic N) is 1. The van der Waals surface area contributed by atoms with Gasteiger partial charge >= 0.3 is 0 Å². The second-order valence-electron chi connectivity index (χ2n) is 2.95. The van der Waals surface area contributed by atoms with Gasteiger partial charge in [-0.3, -0.25) is 0 Å². The molecular weight excluding hydrogens is 134 g/mol. The molecule has 1 aliphatic rings. The van der Waals surface area contributed by atoms with Gasteiger partial charge < -0.3 is 4.57 Å². The first kappa shape index (κ1) is 6.71. The van der Waals surface area contributed by atoms with Gasteiger partial charge in [-0.05, 0) is 37.5 Å². The first-order valence-corrected chi connectivity index (χ1v) is 4.26. The molecule has 1 nitrogen and oxygen atoms in total. The Balaban J connectivity index is 2.48. The van der Waals surface area contributed by atoms with Crippen molar-refractivity contribution in [3.63, 3.8) is 0 Å². The lowest BCUT2D eigenvalue weighted by Gasteiger charge is -2.08. The van der Waals surface area contributed by atoms with Crippen LogP contribution in [0.1, 0.15) is 24.6 Å². The molecule has 1 aliphatic carbocycles. The van der Waals surface area contributed by atoms with E-state index < -0.39 is 0 Å². The molecule has 0 amide bonds. The molecule has 1 aromatic rings. The van der Waals surface area contributed by atoms with Crippen LogP contribution < -0.4 is 0 Å². The van der Waals surface area contributed by atoms with Crippen molar-refractivity contribution in [1.82, 2.24) is 4.57 Å². The maximum absolute atomic E-state index is 2.30. The van der Waals surface area contributed by atoms with E-state index in [9.17, 15) is 0 Å². The number of rotatable bonds is 1. The van der Waals surface area contributed by atoms with Gasteiger partial charge in [0.2, 0.25) is 0 Å². The number of fused-ring (bicyclic) bond motifs is 1. The summed E-state index contributed by atoms with van der Waals surface area (Å²) in [6.07, 6.45) is 9.11. The van der Waals surface area contributed by atoms with Crippen LogP contribution in [0.5, 0.6) is 0 Å². The lowest BCUT2D eigenvalue weighted by atomic mass is 10.1. The predicted octanol–water partition coefficient (Wildman–Crippen LogP) is 2.47. The fourth-order valence-electron chi connectivity index (χ4n) is 1.65. The zero-order valence-electron chi connectivity index (χ0n) is 6.88. The van der Waals surface area contributed by atoms with E-state index in [2.05, 4.69) is 35.9 Å². The predicted molar refractivity (Wildman–Crippen MR) is 47.5 cm³/mol. The molecular formula is C10H13N. The monoisotopic (exact) mass is 147 g/mol. The molecule has 1 aromatic heterocycles. The highest BCUT2D eigenvalue weighted by Gasteiger charge is 2.07. The minimum absolute atomic E-state index is 1.08. The molecule has 0 saturated heterocycles. The van der Waals surface area contributed by atoms with Gasteiger partial charge in [-0.25, -0.2) is 0 Å². The van der Waals surface area contributed by atoms with Crippen LogP contribution in [-0.2, 0) is 13.0 Å². The van der Waals surface area contributed by atoms with Crippen LogP contribution in [0.3, 0.4) is 0 Å². The molecule has 0 aromatic carbocycles. The van der Waals surface area contributed by atoms with Crippen LogP contribution in [-0.4, -0.2) is 4.57 Å². The molecule has 0 unspecified atom stereocenters. The molecule has 11 heavy (non-hydrogen) atoms. The van der Waals surface area contributed by atoms with Gasteiger partial charge in [0.25, 0.3) is 0 Å². The summed E-state index contributed by atoms with van der Waals surface area (Å²) in [7, 11) is 0. The van der Waals surface area contributed by atoms with Gasteiger partial charge in [0.15, 0.2) is 0 Å². The van der Waals surface area contributed by atoms with Crippen LogP contribution in [0.25, 0.3) is 6.08 Å². The summed E-state index contributed by atoms with van der Waals surface area (Å²) in [5.74, 6) is 0. The number of aromatic nitrogens is 1. The van der Waals surface area contributed by atoms with Crippen molar-refractivity contribution in [2.45, 2.75) is 26.3 Å². The Morgan fingerprint density at radius 2 is 2.45 bits per heavy atom. The van der Waals surface area contributed by atoms with Crippen molar-refractivity contribution in [2.75, 3.05) is 0 Å². The van der Waals surface area contributed by atoms with E-state index in [1.807, 2.05) is 0 Å². The summed E-state index contributed by atoms with van der Waals surface area (Å²) in [6.45, 7) is 3.27. The Morgan fingerprint density at radius 3 is 3.27 bits per heavy atom. The van der Waals surface area contributed by atoms with Crippen molar-refractivity contribution in [1.29, 1.82) is 0 Å². The molecule has 58 valence electrons. The van der Waals surface area contributed by atoms with Crippen LogP contribution in [0.2, 0.25) is 0 Å². The van der Waals surface area contributed by atoms with Crippen molar-refractivity contribution in [2.24, 2.45) is 0 Å². The Labute approximate surface area is 67.3 Å². The molecule has 0 atom stereocenters. The fourth-order valence-corrected chi connectivity index (χ4v) is 1.65. The van der Waals surface area contributed by atoms with Gasteiger partial charge in [0.1, 0.15) is 0 Å². The summed E-state index contributed by atoms with van der Waals surface area (Å²) >= 11 is 0. The summed E-state index contributed by atoms with van der Waals surface area (Å²) in [5, 5.41) is 0. The smallest absolute Gasteiger partial charge is 0.0435 e. The van der Waals surface area contributed by atoms with E-state index in [1.54, 1.807) is 0 Å². The molecule has 0 fully saturated rings. The van der Waals surface area contributed by atoms with E-state index in [-0.39, 0.29) is 0 Å². The quantitative estimate of drug-likeness (QED) is 0.575. The maximum Gasteiger partial charge on any atom is 0.0435 e. The summed E-state index contributed by atoms with van der Waals surface area (Å²) in [5.41, 5.74) is 2.92. The topological polar surface area (TPSA) is 4.93 Å². The summed E-state index contributed by atoms with van der Waals surface area (Å²) in [6, 6.07) is 2.24. The Morgan fingerprint density at radius 1 is 1.55 bits per heavy atom. The molecule has 0 spiro atoms. The SMILES string of the molecule is CCn1ccc2c1C=CCC2. The Hall–Kier alpha value is -0.980. The van der Waals surface area contributed by atoms with Crippen LogP contribution >= 0.6 is 0 Å². The van der Waals surface area contributed by atoms with Gasteiger partial charge in [-0.15, -0.1) is 0 Å². The molecule has 0 aliphatic heterocycles. The van der Waals surface area contributed by atoms with E-state index in [0.29, 0.717) is 0 Å². The number of hydrogen-bond acceptors (Lipinski definition) is 0. The fraction of sp³-hybridized carbons (Fsp3) is 0.400. The zero-order valence-corrected chi connectivity index (χ0v) is 6.88. The molecule has 2 rings (SSSR count). The lowest BCUT2D eigenvalue weighted by molar-refractivity contribution is 0.753. The van der Waals surface area contributed by atoms with E-state index in [4.69, 9.17) is 0 Å². The lowest BCUT2D eigenvalue weighted by Crippen LogP contribution is -1.99. The highest BCUT2D eigenvalue weighted by molar-refractivity contribution is 5.53. The molecule has 1 heteroatoms. The van der Waals surface area contributed by atoms with Gasteiger partial charge in [-0.1, -0.05) is 6.08 Å². The van der Waals surface area contributed by atoms with Crippen LogP contribution in [0, 0.1) is 0 Å². The standard InChI is InChI=1S/C10H13N/c1-2-11-8-7-9-5-3-4-6-10(9)11/h4,6-8H,2-3,5H2,1H3. The number of allylic oxidation sites excluding steroid dienone is 1. The van der Waals surface area contributed by atoms with Gasteiger partial charge in [-0.2, -0.15) is 0 Å². The first-order chi connectivity index (χ1) is 5.42. The normalized spacial score (nSPS) is 15.0. The van der Waals surface area contributed by atoms with Crippen molar-refractivity contribution >= 4 is 6.08 Å². The summed E-state index contributed by atoms with van der Waals surface area (Å²) in [4.78, 5) is 0. The molecule has 1 heterocycles. The van der Waals surface area contributed by atoms with E-state index in [1.165, 1.54) is 24.1 Å². The average Bonchev–Trinajstić information content (AvgIpc) is 2.47. The van der Waals surface area contributed by atoms with Crippen molar-refractivity contribution < 1.29 is 0 Å². The maximum atomic E-state index is 2.30. The Kier molecular flexibility index (Phi) is 1.57. The molecule has 0 bridgehead atoms. The van der Waals surface area contributed by atoms with Crippen molar-refractivity contribution in [3.8, 4) is 0 Å². The minimum atomic E-state index is 1.08. The van der Waals surface area contributed by atoms with Crippen LogP contribution in [0.15, 0.2) is 18.3 Å². The van der Waals surface area contributed by atoms with Gasteiger partial charge in [0, 0.05) is 18.4 Å². The minimum Gasteiger partial charge on any atom is -0.348 e. The van der Waals surface area contributed by atoms with E-state index >= 15 is 0 Å². The third kappa shape index (κ3) is 1.01. The van der Waals surface area contributed by atoms with Crippen molar-refractivity contribution in [3.05, 3.63) is 29.6 Å². The molecule has 0 saturated carbocycles. The summed E-state index contributed by atoms with van der Waals surface area (Å²) < 4.78 is 2.30. The first-order valence-electron chi connectivity index (χ1n) is 4.26. The number of hydrogen-bond donors (Lipinski definition) is 0. The average molecular weight is 147 g/mol. The highest BCUT2D eigenvalue weighted by atomic mass is 15.0. The highest BCUT2D eigenvalue weighted by Crippen LogP contribution is 2.19. The molecule has 0 radical (unpaired) electrons. The zero-order chi connectivity index (χ0) is 7.68. The largest absolute Gasteiger partial charge is 0.348 e.